The van der Waals surface area contributed by atoms with Crippen LogP contribution in [0.25, 0.3) is 0 Å². The maximum Gasteiger partial charge on any atom is 0.416 e. The van der Waals surface area contributed by atoms with Crippen LogP contribution in [-0.2, 0) is 6.18 Å². The van der Waals surface area contributed by atoms with Gasteiger partial charge >= 0.3 is 6.18 Å². The molecule has 0 amide bonds. The van der Waals surface area contributed by atoms with E-state index in [-0.39, 0.29) is 36.0 Å². The van der Waals surface area contributed by atoms with Crippen molar-refractivity contribution in [1.82, 2.24) is 0 Å². The molecule has 0 aliphatic heterocycles. The molecule has 0 heterocycles. The number of alkyl halides is 4. The van der Waals surface area contributed by atoms with E-state index in [0.29, 0.717) is 0 Å². The number of aliphatic hydroxyl groups is 1. The molecule has 0 fully saturated rings. The second kappa shape index (κ2) is 8.05. The zero-order chi connectivity index (χ0) is 19.5. The first kappa shape index (κ1) is 20.2. The molecule has 0 saturated heterocycles. The van der Waals surface area contributed by atoms with Crippen LogP contribution >= 0.6 is 11.6 Å². The van der Waals surface area contributed by atoms with E-state index in [2.05, 4.69) is 5.32 Å². The quantitative estimate of drug-likeness (QED) is 0.535. The monoisotopic (exact) mass is 399 g/mol. The third kappa shape index (κ3) is 4.95. The number of ether oxygens (including phenoxy) is 1. The van der Waals surface area contributed by atoms with Gasteiger partial charge in [-0.15, -0.1) is 11.6 Å². The Hall–Kier alpha value is -2.13. The van der Waals surface area contributed by atoms with Gasteiger partial charge in [0.1, 0.15) is 11.6 Å². The Morgan fingerprint density at radius 1 is 1.04 bits per heavy atom. The zero-order valence-corrected chi connectivity index (χ0v) is 13.6. The number of anilines is 1. The van der Waals surface area contributed by atoms with Crippen LogP contribution in [0.4, 0.5) is 32.0 Å². The maximum atomic E-state index is 13.9. The molecular formula is C16H12ClF6NO2. The van der Waals surface area contributed by atoms with E-state index in [1.165, 1.54) is 6.07 Å². The van der Waals surface area contributed by atoms with Crippen LogP contribution in [0.2, 0.25) is 0 Å². The van der Waals surface area contributed by atoms with Crippen LogP contribution in [0.1, 0.15) is 5.56 Å². The molecule has 2 aromatic rings. The van der Waals surface area contributed by atoms with Crippen molar-refractivity contribution in [3.8, 4) is 11.5 Å². The van der Waals surface area contributed by atoms with Gasteiger partial charge in [0, 0.05) is 12.6 Å². The number of hydrogen-bond acceptors (Lipinski definition) is 3. The van der Waals surface area contributed by atoms with E-state index in [1.807, 2.05) is 0 Å². The number of halogens is 7. The van der Waals surface area contributed by atoms with Gasteiger partial charge in [-0.05, 0) is 24.3 Å². The molecule has 0 spiro atoms. The van der Waals surface area contributed by atoms with Crippen LogP contribution in [0, 0.1) is 17.5 Å². The Morgan fingerprint density at radius 3 is 2.15 bits per heavy atom. The zero-order valence-electron chi connectivity index (χ0n) is 12.9. The van der Waals surface area contributed by atoms with Gasteiger partial charge < -0.3 is 15.2 Å². The van der Waals surface area contributed by atoms with E-state index in [0.717, 1.165) is 12.1 Å². The van der Waals surface area contributed by atoms with Gasteiger partial charge in [0.05, 0.1) is 23.2 Å². The lowest BCUT2D eigenvalue weighted by Crippen LogP contribution is -2.21. The van der Waals surface area contributed by atoms with Gasteiger partial charge in [0.15, 0.2) is 17.4 Å². The minimum absolute atomic E-state index is 0.0325. The maximum absolute atomic E-state index is 13.9. The molecule has 2 rings (SSSR count). The van der Waals surface area contributed by atoms with E-state index in [4.69, 9.17) is 16.3 Å². The van der Waals surface area contributed by atoms with Crippen molar-refractivity contribution in [2.75, 3.05) is 17.7 Å². The Labute approximate surface area is 149 Å². The highest BCUT2D eigenvalue weighted by Gasteiger charge is 2.33. The van der Waals surface area contributed by atoms with Crippen molar-refractivity contribution in [2.45, 2.75) is 12.3 Å². The van der Waals surface area contributed by atoms with Crippen LogP contribution in [0.3, 0.4) is 0 Å². The van der Waals surface area contributed by atoms with Crippen LogP contribution in [0.15, 0.2) is 30.3 Å². The highest BCUT2D eigenvalue weighted by atomic mass is 35.5. The molecule has 1 unspecified atom stereocenters. The molecule has 10 heteroatoms. The molecule has 0 radical (unpaired) electrons. The molecule has 3 nitrogen and oxygen atoms in total. The molecule has 0 aliphatic carbocycles. The summed E-state index contributed by atoms with van der Waals surface area (Å²) in [5, 5.41) is 11.9. The Bertz CT molecular complexity index is 761. The number of benzene rings is 2. The largest absolute Gasteiger partial charge is 0.451 e. The van der Waals surface area contributed by atoms with Crippen molar-refractivity contribution >= 4 is 17.3 Å². The minimum atomic E-state index is -4.92. The molecule has 2 aromatic carbocycles. The minimum Gasteiger partial charge on any atom is -0.451 e. The third-order valence-corrected chi connectivity index (χ3v) is 3.55. The molecule has 2 N–H and O–H groups in total. The molecule has 0 bridgehead atoms. The second-order valence-electron chi connectivity index (χ2n) is 5.20. The SMILES string of the molecule is OC(CCl)CNc1ccc(Oc2c(F)cc(C(F)(F)F)cc2F)cc1F. The number of hydrogen-bond donors (Lipinski definition) is 2. The smallest absolute Gasteiger partial charge is 0.416 e. The fraction of sp³-hybridized carbons (Fsp3) is 0.250. The van der Waals surface area contributed by atoms with Crippen molar-refractivity contribution in [2.24, 2.45) is 0 Å². The summed E-state index contributed by atoms with van der Waals surface area (Å²) in [6.45, 7) is -0.0389. The normalized spacial score (nSPS) is 12.8. The fourth-order valence-electron chi connectivity index (χ4n) is 1.92. The molecular weight excluding hydrogens is 388 g/mol. The average Bonchev–Trinajstić information content (AvgIpc) is 2.56. The summed E-state index contributed by atoms with van der Waals surface area (Å²) in [6.07, 6.45) is -5.84. The Balaban J connectivity index is 2.20. The summed E-state index contributed by atoms with van der Waals surface area (Å²) in [6, 6.07) is 3.27. The van der Waals surface area contributed by atoms with E-state index in [9.17, 15) is 31.4 Å². The van der Waals surface area contributed by atoms with Crippen molar-refractivity contribution in [3.63, 3.8) is 0 Å². The first-order valence-electron chi connectivity index (χ1n) is 7.13. The van der Waals surface area contributed by atoms with Gasteiger partial charge in [-0.1, -0.05) is 0 Å². The van der Waals surface area contributed by atoms with E-state index < -0.39 is 41.0 Å². The third-order valence-electron chi connectivity index (χ3n) is 3.19. The standard InChI is InChI=1S/C16H12ClF6NO2/c17-6-9(25)7-24-14-2-1-10(5-11(14)18)26-15-12(19)3-8(4-13(15)20)16(21,22)23/h1-5,9,24-25H,6-7H2. The predicted molar refractivity (Wildman–Crippen MR) is 83.1 cm³/mol. The van der Waals surface area contributed by atoms with E-state index in [1.54, 1.807) is 0 Å². The molecule has 0 aromatic heterocycles. The summed E-state index contributed by atoms with van der Waals surface area (Å²) < 4.78 is 83.8. The van der Waals surface area contributed by atoms with Crippen molar-refractivity contribution in [1.29, 1.82) is 0 Å². The highest BCUT2D eigenvalue weighted by Crippen LogP contribution is 2.36. The van der Waals surface area contributed by atoms with Gasteiger partial charge in [-0.25, -0.2) is 13.2 Å². The lowest BCUT2D eigenvalue weighted by Gasteiger charge is -2.13. The van der Waals surface area contributed by atoms with Crippen molar-refractivity contribution < 1.29 is 36.2 Å². The second-order valence-corrected chi connectivity index (χ2v) is 5.51. The van der Waals surface area contributed by atoms with Crippen LogP contribution in [-0.4, -0.2) is 23.6 Å². The summed E-state index contributed by atoms with van der Waals surface area (Å²) in [5.41, 5.74) is -1.54. The highest BCUT2D eigenvalue weighted by molar-refractivity contribution is 6.18. The van der Waals surface area contributed by atoms with Crippen molar-refractivity contribution in [3.05, 3.63) is 53.3 Å². The molecule has 1 atom stereocenters. The van der Waals surface area contributed by atoms with Gasteiger partial charge in [0.25, 0.3) is 0 Å². The number of rotatable bonds is 6. The van der Waals surface area contributed by atoms with Crippen LogP contribution in [0.5, 0.6) is 11.5 Å². The molecule has 0 saturated carbocycles. The lowest BCUT2D eigenvalue weighted by molar-refractivity contribution is -0.138. The Kier molecular flexibility index (Phi) is 6.25. The summed E-state index contributed by atoms with van der Waals surface area (Å²) in [4.78, 5) is 0. The lowest BCUT2D eigenvalue weighted by atomic mass is 10.2. The number of aliphatic hydroxyl groups excluding tert-OH is 1. The molecule has 26 heavy (non-hydrogen) atoms. The summed E-state index contributed by atoms with van der Waals surface area (Å²) in [7, 11) is 0. The summed E-state index contributed by atoms with van der Waals surface area (Å²) >= 11 is 5.40. The summed E-state index contributed by atoms with van der Waals surface area (Å²) in [5.74, 6) is -5.51. The van der Waals surface area contributed by atoms with Crippen LogP contribution < -0.4 is 10.1 Å². The van der Waals surface area contributed by atoms with Gasteiger partial charge in [-0.3, -0.25) is 0 Å². The Morgan fingerprint density at radius 2 is 1.65 bits per heavy atom. The topological polar surface area (TPSA) is 41.5 Å². The predicted octanol–water partition coefficient (Wildman–Crippen LogP) is 4.93. The fourth-order valence-corrected chi connectivity index (χ4v) is 2.03. The molecule has 142 valence electrons. The molecule has 0 aliphatic rings. The number of nitrogens with one attached hydrogen (secondary N) is 1. The van der Waals surface area contributed by atoms with Gasteiger partial charge in [0.2, 0.25) is 0 Å². The van der Waals surface area contributed by atoms with Gasteiger partial charge in [-0.2, -0.15) is 13.2 Å². The first-order valence-corrected chi connectivity index (χ1v) is 7.66. The van der Waals surface area contributed by atoms with E-state index >= 15 is 0 Å². The first-order chi connectivity index (χ1) is 12.1. The average molecular weight is 400 g/mol.